The summed E-state index contributed by atoms with van der Waals surface area (Å²) < 4.78 is 0. The molecule has 10 nitrogen and oxygen atoms in total. The van der Waals surface area contributed by atoms with Crippen LogP contribution in [0.2, 0.25) is 0 Å². The van der Waals surface area contributed by atoms with Crippen molar-refractivity contribution in [1.82, 2.24) is 10.6 Å². The van der Waals surface area contributed by atoms with Gasteiger partial charge in [-0.25, -0.2) is 0 Å². The number of nitrogens with one attached hydrogen (secondary N) is 2. The van der Waals surface area contributed by atoms with Crippen molar-refractivity contribution in [2.45, 2.75) is 12.8 Å². The quantitative estimate of drug-likeness (QED) is 0.121. The van der Waals surface area contributed by atoms with Gasteiger partial charge >= 0.3 is 54.6 Å². The Morgan fingerprint density at radius 3 is 2.58 bits per heavy atom. The Kier molecular flexibility index (Phi) is 29.9. The molecule has 1 unspecified atom stereocenters. The van der Waals surface area contributed by atoms with Gasteiger partial charge in [0, 0.05) is 30.8 Å². The molecular weight excluding hydrogens is 543 g/mol. The third kappa shape index (κ3) is 13.1. The summed E-state index contributed by atoms with van der Waals surface area (Å²) in [6.07, 6.45) is 7.17. The topological polar surface area (TPSA) is 223 Å². The van der Waals surface area contributed by atoms with Gasteiger partial charge in [0.1, 0.15) is 0 Å². The number of piperidine rings is 1. The molecule has 0 spiro atoms. The molecule has 0 aromatic heterocycles. The Morgan fingerprint density at radius 2 is 2.04 bits per heavy atom. The number of aliphatic imine (C=N–C) groups is 1. The van der Waals surface area contributed by atoms with Gasteiger partial charge in [0.25, 0.3) is 0 Å². The van der Waals surface area contributed by atoms with Crippen molar-refractivity contribution in [3.63, 3.8) is 0 Å². The van der Waals surface area contributed by atoms with Crippen LogP contribution < -0.4 is 15.7 Å². The monoisotopic (exact) mass is 577 g/mol. The van der Waals surface area contributed by atoms with E-state index in [-0.39, 0.29) is 94.9 Å². The van der Waals surface area contributed by atoms with E-state index in [1.165, 1.54) is 0 Å². The van der Waals surface area contributed by atoms with Crippen LogP contribution in [0.25, 0.3) is 11.5 Å². The number of amides is 1. The summed E-state index contributed by atoms with van der Waals surface area (Å²) in [5.74, 6) is -0.238. The number of hydrogen-bond donors (Lipinski definition) is 2. The Bertz CT molecular complexity index is 443. The van der Waals surface area contributed by atoms with Crippen LogP contribution in [0, 0.1) is 5.92 Å². The van der Waals surface area contributed by atoms with Crippen LogP contribution in [0.3, 0.4) is 0 Å². The second-order valence-corrected chi connectivity index (χ2v) is 4.86. The van der Waals surface area contributed by atoms with Crippen molar-refractivity contribution >= 4 is 11.8 Å². The molecule has 1 amide bonds. The molecule has 13 N–H and O–H groups in total. The van der Waals surface area contributed by atoms with Crippen molar-refractivity contribution in [3.05, 3.63) is 35.4 Å². The van der Waals surface area contributed by atoms with E-state index in [2.05, 4.69) is 20.9 Å². The Hall–Kier alpha value is -0.136. The second-order valence-electron chi connectivity index (χ2n) is 4.86. The molecule has 1 atom stereocenters. The molecule has 142 valence electrons. The first-order valence-corrected chi connectivity index (χ1v) is 7.00. The third-order valence-electron chi connectivity index (χ3n) is 3.29. The van der Waals surface area contributed by atoms with Gasteiger partial charge in [0.2, 0.25) is 5.91 Å². The normalized spacial score (nSPS) is 17.6. The maximum atomic E-state index is 11.8. The van der Waals surface area contributed by atoms with E-state index in [9.17, 15) is 9.90 Å². The van der Waals surface area contributed by atoms with Crippen LogP contribution in [-0.4, -0.2) is 44.5 Å². The first-order valence-electron chi connectivity index (χ1n) is 7.00. The number of rotatable bonds is 5. The smallest absolute Gasteiger partial charge is 0.858 e. The van der Waals surface area contributed by atoms with Gasteiger partial charge in [0.15, 0.2) is 0 Å². The largest absolute Gasteiger partial charge is 2.00 e. The maximum Gasteiger partial charge on any atom is 2.00 e. The van der Waals surface area contributed by atoms with Crippen molar-refractivity contribution in [2.75, 3.05) is 32.7 Å². The van der Waals surface area contributed by atoms with E-state index >= 15 is 0 Å². The number of carbonyl (C=O) groups excluding carboxylic acids is 1. The summed E-state index contributed by atoms with van der Waals surface area (Å²) in [5, 5.41) is 21.7. The van der Waals surface area contributed by atoms with Crippen LogP contribution >= 0.6 is 0 Å². The fraction of sp³-hybridized carbons (Fsp3) is 0.571. The second kappa shape index (κ2) is 21.2. The number of dihydropyridines is 1. The third-order valence-corrected chi connectivity index (χ3v) is 3.29. The van der Waals surface area contributed by atoms with E-state index in [1.807, 2.05) is 6.08 Å². The van der Waals surface area contributed by atoms with Gasteiger partial charge in [0.05, 0.1) is 6.54 Å². The Morgan fingerprint density at radius 1 is 1.35 bits per heavy atom. The van der Waals surface area contributed by atoms with Crippen molar-refractivity contribution in [1.29, 1.82) is 0 Å². The van der Waals surface area contributed by atoms with Gasteiger partial charge in [-0.2, -0.15) is 0 Å². The molecule has 0 aliphatic carbocycles. The SMILES string of the molecule is O=C(NCCN=C([O-])C1=CNCC=C1)C1CCC[N-]C1.[Cd+2].[Cd+2].[NH2-].[OH3+].[OH3+].[OH3+]. The summed E-state index contributed by atoms with van der Waals surface area (Å²) in [6, 6.07) is 0. The molecule has 0 aromatic rings. The Labute approximate surface area is 194 Å². The molecule has 0 aromatic carbocycles. The maximum absolute atomic E-state index is 11.8. The summed E-state index contributed by atoms with van der Waals surface area (Å²) in [7, 11) is 0. The van der Waals surface area contributed by atoms with Crippen molar-refractivity contribution < 1.29 is 80.9 Å². The summed E-state index contributed by atoms with van der Waals surface area (Å²) in [5.41, 5.74) is 0.550. The van der Waals surface area contributed by atoms with Crippen molar-refractivity contribution in [3.8, 4) is 0 Å². The number of nitrogens with two attached hydrogens (primary N) is 1. The minimum atomic E-state index is -0.254. The molecule has 12 heteroatoms. The van der Waals surface area contributed by atoms with E-state index in [1.54, 1.807) is 12.3 Å². The molecule has 2 aliphatic heterocycles. The van der Waals surface area contributed by atoms with Crippen LogP contribution in [0.1, 0.15) is 12.8 Å². The van der Waals surface area contributed by atoms with E-state index in [4.69, 9.17) is 0 Å². The van der Waals surface area contributed by atoms with E-state index in [0.29, 0.717) is 25.2 Å². The standard InChI is InChI=1S/C14H21N4O2.2Cd.H2N.3H2O/c19-13(11-3-1-5-15-9-11)17-7-8-18-14(20)12-4-2-6-16-10-12;;;;;;/h1,3,9,12,15H,2,4-8,10H2,(H,17,19)(H,18,20);;;4*1H2/q-1;2*+2;-1;;;/p+2. The molecule has 1 saturated heterocycles. The number of nitrogens with zero attached hydrogens (tertiary/aromatic N) is 2. The zero-order valence-electron chi connectivity index (χ0n) is 15.2. The summed E-state index contributed by atoms with van der Waals surface area (Å²) in [6.45, 7) is 2.92. The van der Waals surface area contributed by atoms with Gasteiger partial charge in [-0.1, -0.05) is 18.6 Å². The predicted octanol–water partition coefficient (Wildman–Crippen LogP) is -2.37. The molecule has 2 rings (SSSR count). The van der Waals surface area contributed by atoms with Crippen molar-refractivity contribution in [2.24, 2.45) is 10.9 Å². The molecule has 0 radical (unpaired) electrons. The first kappa shape index (κ1) is 36.7. The first-order chi connectivity index (χ1) is 9.77. The number of carbonyl (C=O) groups is 1. The number of hydrogen-bond acceptors (Lipinski definition) is 4. The fourth-order valence-corrected chi connectivity index (χ4v) is 2.18. The van der Waals surface area contributed by atoms with Crippen LogP contribution in [-0.2, 0) is 75.8 Å². The zero-order chi connectivity index (χ0) is 14.2. The van der Waals surface area contributed by atoms with Gasteiger partial charge in [-0.05, 0) is 12.3 Å². The van der Waals surface area contributed by atoms with Crippen LogP contribution in [0.5, 0.6) is 0 Å². The minimum absolute atomic E-state index is 0. The van der Waals surface area contributed by atoms with Crippen LogP contribution in [0.15, 0.2) is 28.9 Å². The molecule has 1 fully saturated rings. The molecular formula is C14H31Cd2N5O5+4. The predicted molar refractivity (Wildman–Crippen MR) is 96.3 cm³/mol. The molecule has 2 heterocycles. The Balaban J connectivity index is -0.000000245. The molecule has 0 bridgehead atoms. The van der Waals surface area contributed by atoms with Gasteiger partial charge < -0.3 is 43.6 Å². The van der Waals surface area contributed by atoms with E-state index < -0.39 is 0 Å². The summed E-state index contributed by atoms with van der Waals surface area (Å²) >= 11 is 0. The molecule has 26 heavy (non-hydrogen) atoms. The van der Waals surface area contributed by atoms with Gasteiger partial charge in [-0.3, -0.25) is 9.79 Å². The van der Waals surface area contributed by atoms with Crippen LogP contribution in [0.4, 0.5) is 0 Å². The average Bonchev–Trinajstić information content (AvgIpc) is 2.53. The molecule has 0 saturated carbocycles. The zero-order valence-corrected chi connectivity index (χ0v) is 23.3. The average molecular weight is 574 g/mol. The molecule has 2 aliphatic rings. The summed E-state index contributed by atoms with van der Waals surface area (Å²) in [4.78, 5) is 15.7. The fourth-order valence-electron chi connectivity index (χ4n) is 2.18. The van der Waals surface area contributed by atoms with Gasteiger partial charge in [-0.15, -0.1) is 13.1 Å². The minimum Gasteiger partial charge on any atom is -0.858 e. The van der Waals surface area contributed by atoms with E-state index in [0.717, 1.165) is 25.9 Å².